The summed E-state index contributed by atoms with van der Waals surface area (Å²) in [6.45, 7) is -0.223. The van der Waals surface area contributed by atoms with Crippen LogP contribution in [0.15, 0.2) is 82.6 Å². The average Bonchev–Trinajstić information content (AvgIpc) is 3.77. The lowest BCUT2D eigenvalue weighted by Gasteiger charge is -2.43. The van der Waals surface area contributed by atoms with Crippen LogP contribution < -0.4 is 19.8 Å². The molecule has 8 rings (SSSR count). The lowest BCUT2D eigenvalue weighted by molar-refractivity contribution is -0.123. The summed E-state index contributed by atoms with van der Waals surface area (Å²) in [7, 11) is 0. The maximum atomic E-state index is 13.9. The van der Waals surface area contributed by atoms with Crippen LogP contribution in [0.3, 0.4) is 0 Å². The van der Waals surface area contributed by atoms with E-state index in [1.807, 2.05) is 48.5 Å². The van der Waals surface area contributed by atoms with Gasteiger partial charge in [0.15, 0.2) is 6.61 Å². The quantitative estimate of drug-likeness (QED) is 0.228. The zero-order valence-corrected chi connectivity index (χ0v) is 26.6. The number of H-pyrrole nitrogens is 1. The minimum absolute atomic E-state index is 0.000401. The first-order valence-corrected chi connectivity index (χ1v) is 17.0. The van der Waals surface area contributed by atoms with Crippen LogP contribution in [0, 0.1) is 29.6 Å². The van der Waals surface area contributed by atoms with Gasteiger partial charge in [-0.15, -0.1) is 11.8 Å². The number of hydrogen-bond donors (Lipinski definition) is 2. The normalized spacial score (nSPS) is 27.7. The Hall–Kier alpha value is -3.57. The number of benzene rings is 3. The molecule has 2 aliphatic carbocycles. The number of amides is 3. The van der Waals surface area contributed by atoms with E-state index in [0.29, 0.717) is 27.2 Å². The molecule has 1 saturated heterocycles. The second-order valence-electron chi connectivity index (χ2n) is 11.8. The number of fused-ring (bicyclic) bond motifs is 9. The number of aromatic nitrogens is 1. The van der Waals surface area contributed by atoms with Crippen molar-refractivity contribution in [1.29, 1.82) is 0 Å². The maximum Gasteiger partial charge on any atom is 0.305 e. The first kappa shape index (κ1) is 28.9. The van der Waals surface area contributed by atoms with Gasteiger partial charge in [-0.25, -0.2) is 0 Å². The molecule has 4 aromatic rings. The molecule has 2 bridgehead atoms. The average molecular weight is 679 g/mol. The van der Waals surface area contributed by atoms with E-state index < -0.39 is 0 Å². The fourth-order valence-corrected chi connectivity index (χ4v) is 11.1. The second-order valence-corrected chi connectivity index (χ2v) is 14.9. The molecule has 3 heterocycles. The Kier molecular flexibility index (Phi) is 7.09. The summed E-state index contributed by atoms with van der Waals surface area (Å²) in [5.41, 5.74) is 2.07. The van der Waals surface area contributed by atoms with Crippen molar-refractivity contribution in [1.82, 2.24) is 4.98 Å². The molecular weight excluding hydrogens is 653 g/mol. The molecule has 2 saturated carbocycles. The lowest BCUT2D eigenvalue weighted by atomic mass is 9.68. The number of para-hydroxylation sites is 1. The van der Waals surface area contributed by atoms with Crippen LogP contribution in [-0.2, 0) is 14.4 Å². The third-order valence-corrected chi connectivity index (χ3v) is 12.9. The van der Waals surface area contributed by atoms with Gasteiger partial charge in [0, 0.05) is 21.7 Å². The number of rotatable bonds is 6. The van der Waals surface area contributed by atoms with Crippen molar-refractivity contribution >= 4 is 75.4 Å². The van der Waals surface area contributed by atoms with Crippen molar-refractivity contribution in [3.05, 3.63) is 103 Å². The topological polar surface area (TPSA) is 109 Å². The second kappa shape index (κ2) is 11.0. The van der Waals surface area contributed by atoms with Crippen molar-refractivity contribution in [2.45, 2.75) is 22.6 Å². The highest BCUT2D eigenvalue weighted by Gasteiger charge is 2.69. The molecule has 3 amide bonds. The number of anilines is 2. The minimum Gasteiger partial charge on any atom is -0.484 e. The van der Waals surface area contributed by atoms with E-state index in [2.05, 4.69) is 10.3 Å². The van der Waals surface area contributed by atoms with E-state index in [-0.39, 0.29) is 70.0 Å². The van der Waals surface area contributed by atoms with Crippen LogP contribution in [0.2, 0.25) is 10.0 Å². The van der Waals surface area contributed by atoms with E-state index in [9.17, 15) is 19.2 Å². The first-order chi connectivity index (χ1) is 21.8. The van der Waals surface area contributed by atoms with E-state index in [4.69, 9.17) is 27.9 Å². The monoisotopic (exact) mass is 677 g/mol. The molecule has 1 aromatic heterocycles. The lowest BCUT2D eigenvalue weighted by Crippen LogP contribution is -2.42. The smallest absolute Gasteiger partial charge is 0.305 e. The fourth-order valence-electron chi connectivity index (χ4n) is 7.94. The van der Waals surface area contributed by atoms with Gasteiger partial charge in [0.1, 0.15) is 5.75 Å². The number of carbonyl (C=O) groups is 3. The molecule has 0 radical (unpaired) electrons. The summed E-state index contributed by atoms with van der Waals surface area (Å²) in [6.07, 6.45) is 0.804. The van der Waals surface area contributed by atoms with Crippen molar-refractivity contribution in [2.24, 2.45) is 29.6 Å². The van der Waals surface area contributed by atoms with Crippen LogP contribution in [0.1, 0.15) is 22.8 Å². The minimum atomic E-state index is -0.381. The number of carbonyl (C=O) groups excluding carboxylic acids is 3. The molecule has 0 unspecified atom stereocenters. The Balaban J connectivity index is 1.08. The number of nitrogens with zero attached hydrogens (tertiary/aromatic N) is 1. The summed E-state index contributed by atoms with van der Waals surface area (Å²) >= 11 is 14.9. The number of ether oxygens (including phenoxy) is 1. The highest BCUT2D eigenvalue weighted by Crippen LogP contribution is 2.68. The number of thiazole rings is 1. The van der Waals surface area contributed by atoms with Crippen molar-refractivity contribution in [3.8, 4) is 5.75 Å². The molecule has 2 aliphatic heterocycles. The summed E-state index contributed by atoms with van der Waals surface area (Å²) in [4.78, 5) is 58.2. The van der Waals surface area contributed by atoms with Crippen LogP contribution >= 0.6 is 46.3 Å². The number of nitrogens with one attached hydrogen (secondary N) is 2. The summed E-state index contributed by atoms with van der Waals surface area (Å²) < 4.78 is 5.91. The SMILES string of the molecule is O=C(COc1cccc([C@@H]2c3sc(=O)[nH]c3S[C@@H]3[C@@H]4C[C@@H]([C@@H]5C(=O)N(c6ccccc6)C(=O)[C@@H]45)[C@H]23)c1)Nc1ccc(Cl)c(Cl)c1. The molecule has 3 fully saturated rings. The molecule has 12 heteroatoms. The molecule has 228 valence electrons. The molecular formula is C33H25Cl2N3O5S2. The Morgan fingerprint density at radius 2 is 1.71 bits per heavy atom. The van der Waals surface area contributed by atoms with Gasteiger partial charge in [0.05, 0.1) is 32.6 Å². The maximum absolute atomic E-state index is 13.9. The summed E-state index contributed by atoms with van der Waals surface area (Å²) in [5, 5.41) is 4.40. The van der Waals surface area contributed by atoms with Crippen LogP contribution in [-0.4, -0.2) is 34.6 Å². The van der Waals surface area contributed by atoms with Crippen molar-refractivity contribution in [2.75, 3.05) is 16.8 Å². The highest BCUT2D eigenvalue weighted by molar-refractivity contribution is 8.00. The summed E-state index contributed by atoms with van der Waals surface area (Å²) in [5.74, 6) is -0.883. The van der Waals surface area contributed by atoms with E-state index in [1.54, 1.807) is 36.0 Å². The number of thioether (sulfide) groups is 1. The first-order valence-electron chi connectivity index (χ1n) is 14.6. The van der Waals surface area contributed by atoms with Crippen molar-refractivity contribution in [3.63, 3.8) is 0 Å². The third kappa shape index (κ3) is 4.72. The van der Waals surface area contributed by atoms with Crippen molar-refractivity contribution < 1.29 is 19.1 Å². The molecule has 7 atom stereocenters. The Bertz CT molecular complexity index is 1930. The molecule has 3 aromatic carbocycles. The number of halogens is 2. The highest BCUT2D eigenvalue weighted by atomic mass is 35.5. The summed E-state index contributed by atoms with van der Waals surface area (Å²) in [6, 6.07) is 21.6. The predicted octanol–water partition coefficient (Wildman–Crippen LogP) is 6.44. The third-order valence-electron chi connectivity index (χ3n) is 9.53. The Morgan fingerprint density at radius 1 is 0.933 bits per heavy atom. The zero-order valence-electron chi connectivity index (χ0n) is 23.4. The number of imide groups is 1. The predicted molar refractivity (Wildman–Crippen MR) is 174 cm³/mol. The molecule has 2 N–H and O–H groups in total. The van der Waals surface area contributed by atoms with Gasteiger partial charge in [-0.2, -0.15) is 0 Å². The molecule has 8 nitrogen and oxygen atoms in total. The molecule has 45 heavy (non-hydrogen) atoms. The molecule has 0 spiro atoms. The van der Waals surface area contributed by atoms with Gasteiger partial charge in [0.2, 0.25) is 11.8 Å². The van der Waals surface area contributed by atoms with E-state index in [0.717, 1.165) is 21.9 Å². The van der Waals surface area contributed by atoms with E-state index in [1.165, 1.54) is 16.2 Å². The Labute approximate surface area is 276 Å². The van der Waals surface area contributed by atoms with Gasteiger partial charge in [-0.3, -0.25) is 24.1 Å². The standard InChI is InChI=1S/C33H25Cl2N3O5S2/c34-21-10-9-16(12-22(21)35)36-23(39)14-43-18-8-4-5-15(11-18)24-25-19-13-20(28(25)44-30-29(24)45-33(42)37-30)27-26(19)31(40)38(32(27)41)17-6-2-1-3-7-17/h1-12,19-20,24-28H,13-14H2,(H,36,39)(H,37,42)/t19-,20-,24+,25-,26+,27+,28-/m1/s1. The van der Waals surface area contributed by atoms with Gasteiger partial charge in [-0.05, 0) is 72.2 Å². The van der Waals surface area contributed by atoms with Crippen LogP contribution in [0.25, 0.3) is 0 Å². The zero-order chi connectivity index (χ0) is 31.0. The van der Waals surface area contributed by atoms with Gasteiger partial charge in [-0.1, -0.05) is 64.9 Å². The molecule has 4 aliphatic rings. The largest absolute Gasteiger partial charge is 0.484 e. The van der Waals surface area contributed by atoms with Gasteiger partial charge >= 0.3 is 4.87 Å². The fraction of sp³-hybridized carbons (Fsp3) is 0.273. The van der Waals surface area contributed by atoms with Gasteiger partial charge < -0.3 is 15.0 Å². The van der Waals surface area contributed by atoms with E-state index >= 15 is 0 Å². The van der Waals surface area contributed by atoms with Crippen LogP contribution in [0.5, 0.6) is 5.75 Å². The van der Waals surface area contributed by atoms with Gasteiger partial charge in [0.25, 0.3) is 5.91 Å². The number of hydrogen-bond acceptors (Lipinski definition) is 7. The van der Waals surface area contributed by atoms with Crippen LogP contribution in [0.4, 0.5) is 11.4 Å². The Morgan fingerprint density at radius 3 is 2.49 bits per heavy atom. The number of aromatic amines is 1.